The molecule has 2 rings (SSSR count). The lowest BCUT2D eigenvalue weighted by Crippen LogP contribution is -2.41. The molecule has 1 atom stereocenters. The normalized spacial score (nSPS) is 12.2. The molecule has 0 fully saturated rings. The van der Waals surface area contributed by atoms with Gasteiger partial charge in [0.15, 0.2) is 4.96 Å². The number of fused-ring (bicyclic) bond motifs is 1. The van der Waals surface area contributed by atoms with Crippen LogP contribution in [-0.2, 0) is 9.59 Å². The molecule has 2 aromatic heterocycles. The first-order valence-corrected chi connectivity index (χ1v) is 6.89. The van der Waals surface area contributed by atoms with Crippen molar-refractivity contribution in [1.29, 1.82) is 0 Å². The van der Waals surface area contributed by atoms with E-state index in [2.05, 4.69) is 10.3 Å². The van der Waals surface area contributed by atoms with Crippen molar-refractivity contribution in [2.24, 2.45) is 0 Å². The van der Waals surface area contributed by atoms with Gasteiger partial charge in [-0.3, -0.25) is 14.0 Å². The number of hydrogen-bond acceptors (Lipinski definition) is 5. The Hall–Kier alpha value is -2.42. The number of carboxylic acids is 2. The van der Waals surface area contributed by atoms with Gasteiger partial charge in [0.25, 0.3) is 5.91 Å². The zero-order valence-corrected chi connectivity index (χ0v) is 11.9. The molecule has 21 heavy (non-hydrogen) atoms. The lowest BCUT2D eigenvalue weighted by atomic mass is 10.1. The number of aliphatic carboxylic acids is 2. The molecular weight excluding hydrogens is 298 g/mol. The minimum Gasteiger partial charge on any atom is -0.481 e. The van der Waals surface area contributed by atoms with Crippen molar-refractivity contribution in [3.8, 4) is 0 Å². The number of nitrogens with one attached hydrogen (secondary N) is 1. The minimum absolute atomic E-state index is 0.0998. The number of rotatable bonds is 6. The van der Waals surface area contributed by atoms with E-state index in [0.29, 0.717) is 4.96 Å². The first kappa shape index (κ1) is 15.0. The summed E-state index contributed by atoms with van der Waals surface area (Å²) in [6.45, 7) is 1.91. The Labute approximate surface area is 123 Å². The molecule has 8 nitrogen and oxygen atoms in total. The zero-order chi connectivity index (χ0) is 15.6. The van der Waals surface area contributed by atoms with E-state index < -0.39 is 23.9 Å². The molecular formula is C12H13N3O5S. The quantitative estimate of drug-likeness (QED) is 0.724. The smallest absolute Gasteiger partial charge is 0.326 e. The number of carbonyl (C=O) groups excluding carboxylic acids is 1. The van der Waals surface area contributed by atoms with Gasteiger partial charge >= 0.3 is 11.9 Å². The summed E-state index contributed by atoms with van der Waals surface area (Å²) in [5.41, 5.74) is 0.0998. The summed E-state index contributed by atoms with van der Waals surface area (Å²) < 4.78 is 1.68. The molecule has 0 radical (unpaired) electrons. The van der Waals surface area contributed by atoms with Crippen molar-refractivity contribution >= 4 is 34.1 Å². The number of hydrogen-bond donors (Lipinski definition) is 3. The lowest BCUT2D eigenvalue weighted by Gasteiger charge is -2.12. The Morgan fingerprint density at radius 3 is 2.67 bits per heavy atom. The summed E-state index contributed by atoms with van der Waals surface area (Å²) in [5.74, 6) is -3.03. The van der Waals surface area contributed by atoms with Gasteiger partial charge in [0.1, 0.15) is 11.7 Å². The Bertz CT molecular complexity index is 673. The van der Waals surface area contributed by atoms with Crippen LogP contribution in [0.4, 0.5) is 0 Å². The van der Waals surface area contributed by atoms with E-state index in [1.807, 2.05) is 13.1 Å². The molecule has 2 aromatic rings. The van der Waals surface area contributed by atoms with E-state index >= 15 is 0 Å². The summed E-state index contributed by atoms with van der Waals surface area (Å²) in [4.78, 5) is 39.2. The van der Waals surface area contributed by atoms with Gasteiger partial charge in [-0.25, -0.2) is 9.78 Å². The van der Waals surface area contributed by atoms with Crippen molar-refractivity contribution < 1.29 is 24.6 Å². The molecule has 0 aliphatic heterocycles. The number of aromatic nitrogens is 2. The Balaban J connectivity index is 2.08. The third-order valence-corrected chi connectivity index (χ3v) is 3.67. The van der Waals surface area contributed by atoms with Crippen LogP contribution in [-0.4, -0.2) is 43.5 Å². The van der Waals surface area contributed by atoms with Crippen LogP contribution < -0.4 is 5.32 Å². The van der Waals surface area contributed by atoms with Gasteiger partial charge in [-0.2, -0.15) is 0 Å². The highest BCUT2D eigenvalue weighted by atomic mass is 32.1. The first-order chi connectivity index (χ1) is 9.86. The Kier molecular flexibility index (Phi) is 4.22. The molecule has 2 heterocycles. The molecule has 0 aliphatic carbocycles. The number of nitrogens with zero attached hydrogens (tertiary/aromatic N) is 2. The van der Waals surface area contributed by atoms with Gasteiger partial charge in [-0.1, -0.05) is 0 Å². The van der Waals surface area contributed by atoms with Crippen molar-refractivity contribution in [1.82, 2.24) is 14.7 Å². The first-order valence-electron chi connectivity index (χ1n) is 6.07. The molecule has 112 valence electrons. The molecule has 0 aromatic carbocycles. The third kappa shape index (κ3) is 3.57. The van der Waals surface area contributed by atoms with E-state index in [4.69, 9.17) is 10.2 Å². The summed E-state index contributed by atoms with van der Waals surface area (Å²) in [5, 5.41) is 19.8. The van der Waals surface area contributed by atoms with Gasteiger partial charge in [-0.15, -0.1) is 11.3 Å². The number of thiazole rings is 1. The third-order valence-electron chi connectivity index (χ3n) is 2.75. The predicted molar refractivity (Wildman–Crippen MR) is 73.6 cm³/mol. The SMILES string of the molecule is Cc1cn2cc(C(=O)NC(CCC(=O)O)C(=O)O)nc2s1. The fourth-order valence-corrected chi connectivity index (χ4v) is 2.59. The molecule has 3 N–H and O–H groups in total. The lowest BCUT2D eigenvalue weighted by molar-refractivity contribution is -0.140. The topological polar surface area (TPSA) is 121 Å². The molecule has 1 unspecified atom stereocenters. The van der Waals surface area contributed by atoms with Gasteiger partial charge in [0, 0.05) is 23.7 Å². The monoisotopic (exact) mass is 311 g/mol. The van der Waals surface area contributed by atoms with E-state index in [9.17, 15) is 14.4 Å². The van der Waals surface area contributed by atoms with Gasteiger partial charge in [0.2, 0.25) is 0 Å². The van der Waals surface area contributed by atoms with Crippen molar-refractivity contribution in [2.75, 3.05) is 0 Å². The number of imidazole rings is 1. The van der Waals surface area contributed by atoms with Crippen LogP contribution >= 0.6 is 11.3 Å². The van der Waals surface area contributed by atoms with Crippen LogP contribution in [0.3, 0.4) is 0 Å². The number of amides is 1. The number of aryl methyl sites for hydroxylation is 1. The number of carbonyl (C=O) groups is 3. The minimum atomic E-state index is -1.28. The van der Waals surface area contributed by atoms with E-state index in [0.717, 1.165) is 4.88 Å². The zero-order valence-electron chi connectivity index (χ0n) is 11.1. The molecule has 0 aliphatic rings. The summed E-state index contributed by atoms with van der Waals surface area (Å²) in [7, 11) is 0. The summed E-state index contributed by atoms with van der Waals surface area (Å²) >= 11 is 1.41. The molecule has 0 saturated carbocycles. The molecule has 9 heteroatoms. The molecule has 0 spiro atoms. The highest BCUT2D eigenvalue weighted by Crippen LogP contribution is 2.16. The number of carboxylic acid groups (broad SMARTS) is 2. The van der Waals surface area contributed by atoms with Crippen LogP contribution in [0.2, 0.25) is 0 Å². The van der Waals surface area contributed by atoms with Crippen LogP contribution in [0, 0.1) is 6.92 Å². The molecule has 0 bridgehead atoms. The Morgan fingerprint density at radius 2 is 2.10 bits per heavy atom. The van der Waals surface area contributed by atoms with Gasteiger partial charge in [-0.05, 0) is 13.3 Å². The van der Waals surface area contributed by atoms with Crippen molar-refractivity contribution in [3.63, 3.8) is 0 Å². The standard InChI is InChI=1S/C12H13N3O5S/c1-6-4-15-5-8(14-12(15)21-6)10(18)13-7(11(19)20)2-3-9(16)17/h4-5,7H,2-3H2,1H3,(H,13,18)(H,16,17)(H,19,20). The van der Waals surface area contributed by atoms with Crippen LogP contribution in [0.1, 0.15) is 28.2 Å². The molecule has 0 saturated heterocycles. The molecule has 1 amide bonds. The van der Waals surface area contributed by atoms with Crippen LogP contribution in [0.15, 0.2) is 12.4 Å². The van der Waals surface area contributed by atoms with Gasteiger partial charge < -0.3 is 15.5 Å². The maximum atomic E-state index is 12.0. The second kappa shape index (κ2) is 5.92. The highest BCUT2D eigenvalue weighted by Gasteiger charge is 2.23. The Morgan fingerprint density at radius 1 is 1.38 bits per heavy atom. The summed E-state index contributed by atoms with van der Waals surface area (Å²) in [6, 6.07) is -1.25. The second-order valence-electron chi connectivity index (χ2n) is 4.45. The maximum absolute atomic E-state index is 12.0. The average Bonchev–Trinajstić information content (AvgIpc) is 2.90. The largest absolute Gasteiger partial charge is 0.481 e. The van der Waals surface area contributed by atoms with Crippen LogP contribution in [0.5, 0.6) is 0 Å². The van der Waals surface area contributed by atoms with Crippen molar-refractivity contribution in [3.05, 3.63) is 23.0 Å². The van der Waals surface area contributed by atoms with E-state index in [-0.39, 0.29) is 18.5 Å². The van der Waals surface area contributed by atoms with Crippen LogP contribution in [0.25, 0.3) is 4.96 Å². The maximum Gasteiger partial charge on any atom is 0.326 e. The highest BCUT2D eigenvalue weighted by molar-refractivity contribution is 7.17. The average molecular weight is 311 g/mol. The van der Waals surface area contributed by atoms with Gasteiger partial charge in [0.05, 0.1) is 0 Å². The fraction of sp³-hybridized carbons (Fsp3) is 0.333. The fourth-order valence-electron chi connectivity index (χ4n) is 1.78. The van der Waals surface area contributed by atoms with Crippen molar-refractivity contribution in [2.45, 2.75) is 25.8 Å². The summed E-state index contributed by atoms with van der Waals surface area (Å²) in [6.07, 6.45) is 2.79. The predicted octanol–water partition coefficient (Wildman–Crippen LogP) is 0.752. The van der Waals surface area contributed by atoms with E-state index in [1.165, 1.54) is 17.5 Å². The second-order valence-corrected chi connectivity index (χ2v) is 5.67. The van der Waals surface area contributed by atoms with E-state index in [1.54, 1.807) is 4.40 Å².